The largest absolute Gasteiger partial charge is 0.304 e. The number of nitrogens with zero attached hydrogens (tertiary/aromatic N) is 3. The van der Waals surface area contributed by atoms with Gasteiger partial charge in [-0.25, -0.2) is 0 Å². The molecule has 0 unspecified atom stereocenters. The molecule has 0 saturated carbocycles. The molecule has 29 heavy (non-hydrogen) atoms. The second-order valence-electron chi connectivity index (χ2n) is 6.70. The normalized spacial score (nSPS) is 20.1. The van der Waals surface area contributed by atoms with Crippen molar-refractivity contribution < 1.29 is 14.4 Å². The number of anilines is 1. The number of carbonyl (C=O) groups excluding carboxylic acids is 3. The van der Waals surface area contributed by atoms with Crippen LogP contribution >= 0.6 is 27.7 Å². The number of carbonyl (C=O) groups is 3. The summed E-state index contributed by atoms with van der Waals surface area (Å²) in [5.74, 6) is -0.990. The number of hydrogen-bond donors (Lipinski definition) is 1. The Kier molecular flexibility index (Phi) is 4.95. The molecule has 1 atom stereocenters. The van der Waals surface area contributed by atoms with Gasteiger partial charge in [0, 0.05) is 23.9 Å². The third kappa shape index (κ3) is 3.24. The summed E-state index contributed by atoms with van der Waals surface area (Å²) in [5.41, 5.74) is 2.32. The molecule has 1 N–H and O–H groups in total. The Hall–Kier alpha value is -2.65. The van der Waals surface area contributed by atoms with Crippen LogP contribution in [0.25, 0.3) is 0 Å². The van der Waals surface area contributed by atoms with E-state index in [1.165, 1.54) is 18.9 Å². The summed E-state index contributed by atoms with van der Waals surface area (Å²) >= 11 is 4.54. The highest BCUT2D eigenvalue weighted by Gasteiger charge is 2.61. The van der Waals surface area contributed by atoms with Crippen LogP contribution in [-0.4, -0.2) is 27.9 Å². The molecular weight excluding hydrogens is 456 g/mol. The van der Waals surface area contributed by atoms with E-state index in [9.17, 15) is 14.4 Å². The van der Waals surface area contributed by atoms with Crippen molar-refractivity contribution >= 4 is 56.3 Å². The van der Waals surface area contributed by atoms with Gasteiger partial charge < -0.3 is 10.2 Å². The van der Waals surface area contributed by atoms with Crippen LogP contribution in [0.4, 0.5) is 5.69 Å². The molecule has 3 amide bonds. The summed E-state index contributed by atoms with van der Waals surface area (Å²) in [6.07, 6.45) is 0. The summed E-state index contributed by atoms with van der Waals surface area (Å²) in [5, 5.41) is 8.24. The van der Waals surface area contributed by atoms with Crippen molar-refractivity contribution in [2.24, 2.45) is 5.10 Å². The first-order chi connectivity index (χ1) is 13.8. The minimum Gasteiger partial charge on any atom is -0.304 e. The number of thioether (sulfide) groups is 1. The molecule has 2 heterocycles. The maximum atomic E-state index is 13.8. The van der Waals surface area contributed by atoms with Gasteiger partial charge in [-0.3, -0.25) is 14.4 Å². The zero-order valence-corrected chi connectivity index (χ0v) is 18.1. The molecule has 2 aromatic rings. The Morgan fingerprint density at radius 2 is 1.90 bits per heavy atom. The van der Waals surface area contributed by atoms with Crippen molar-refractivity contribution in [2.75, 3.05) is 4.90 Å². The smallest absolute Gasteiger partial charge is 0.271 e. The highest BCUT2D eigenvalue weighted by Crippen LogP contribution is 2.55. The molecule has 2 aromatic carbocycles. The van der Waals surface area contributed by atoms with E-state index in [1.807, 2.05) is 48.5 Å². The fourth-order valence-electron chi connectivity index (χ4n) is 3.51. The van der Waals surface area contributed by atoms with Crippen LogP contribution < -0.4 is 10.2 Å². The lowest BCUT2D eigenvalue weighted by Crippen LogP contribution is -2.48. The highest BCUT2D eigenvalue weighted by molar-refractivity contribution is 9.10. The molecule has 148 valence electrons. The molecule has 1 spiro atoms. The average Bonchev–Trinajstić information content (AvgIpc) is 3.15. The molecule has 0 radical (unpaired) electrons. The minimum atomic E-state index is -1.39. The van der Waals surface area contributed by atoms with Crippen LogP contribution in [0, 0.1) is 0 Å². The molecule has 2 aliphatic rings. The van der Waals surface area contributed by atoms with Crippen molar-refractivity contribution in [3.05, 3.63) is 64.1 Å². The van der Waals surface area contributed by atoms with Crippen molar-refractivity contribution in [1.82, 2.24) is 10.3 Å². The average molecular weight is 473 g/mol. The summed E-state index contributed by atoms with van der Waals surface area (Å²) in [6, 6.07) is 15.2. The summed E-state index contributed by atoms with van der Waals surface area (Å²) < 4.78 is 0.780. The number of rotatable bonds is 2. The maximum Gasteiger partial charge on any atom is 0.271 e. The summed E-state index contributed by atoms with van der Waals surface area (Å²) in [7, 11) is 0. The van der Waals surface area contributed by atoms with Gasteiger partial charge in [-0.1, -0.05) is 46.3 Å². The number of fused-ring (bicyclic) bond motifs is 2. The lowest BCUT2D eigenvalue weighted by Gasteiger charge is -2.29. The van der Waals surface area contributed by atoms with Gasteiger partial charge >= 0.3 is 0 Å². The van der Waals surface area contributed by atoms with Gasteiger partial charge in [0.15, 0.2) is 5.17 Å². The van der Waals surface area contributed by atoms with Crippen LogP contribution in [0.5, 0.6) is 0 Å². The van der Waals surface area contributed by atoms with Crippen LogP contribution in [0.1, 0.15) is 25.0 Å². The lowest BCUT2D eigenvalue weighted by atomic mass is 10.1. The second-order valence-corrected chi connectivity index (χ2v) is 8.80. The number of halogens is 1. The van der Waals surface area contributed by atoms with Gasteiger partial charge in [0.25, 0.3) is 5.91 Å². The molecule has 7 nitrogen and oxygen atoms in total. The first-order valence-corrected chi connectivity index (χ1v) is 10.5. The minimum absolute atomic E-state index is 0.216. The zero-order valence-electron chi connectivity index (χ0n) is 15.7. The van der Waals surface area contributed by atoms with E-state index < -0.39 is 10.8 Å². The van der Waals surface area contributed by atoms with E-state index in [4.69, 9.17) is 0 Å². The Bertz CT molecular complexity index is 1060. The predicted molar refractivity (Wildman–Crippen MR) is 115 cm³/mol. The molecule has 4 rings (SSSR count). The number of benzene rings is 2. The fraction of sp³-hybridized carbons (Fsp3) is 0.200. The van der Waals surface area contributed by atoms with E-state index in [2.05, 4.69) is 26.3 Å². The van der Waals surface area contributed by atoms with Gasteiger partial charge in [-0.2, -0.15) is 5.01 Å². The zero-order chi connectivity index (χ0) is 20.8. The van der Waals surface area contributed by atoms with Crippen molar-refractivity contribution in [1.29, 1.82) is 0 Å². The Balaban J connectivity index is 1.83. The number of amides is 3. The molecule has 9 heteroatoms. The van der Waals surface area contributed by atoms with Crippen molar-refractivity contribution in [3.8, 4) is 0 Å². The molecule has 0 aromatic heterocycles. The van der Waals surface area contributed by atoms with E-state index in [1.54, 1.807) is 4.90 Å². The number of hydrazone groups is 1. The number of hydrogen-bond acceptors (Lipinski definition) is 5. The molecule has 0 saturated heterocycles. The molecule has 0 aliphatic carbocycles. The number of nitrogens with one attached hydrogen (secondary N) is 1. The Morgan fingerprint density at radius 3 is 2.55 bits per heavy atom. The fourth-order valence-corrected chi connectivity index (χ4v) is 5.19. The van der Waals surface area contributed by atoms with Crippen LogP contribution in [0.3, 0.4) is 0 Å². The maximum absolute atomic E-state index is 13.8. The van der Waals surface area contributed by atoms with Gasteiger partial charge in [-0.05, 0) is 35.5 Å². The number of amidine groups is 1. The highest BCUT2D eigenvalue weighted by atomic mass is 79.9. The van der Waals surface area contributed by atoms with Crippen LogP contribution in [0.15, 0.2) is 58.1 Å². The quantitative estimate of drug-likeness (QED) is 0.727. The van der Waals surface area contributed by atoms with Crippen molar-refractivity contribution in [3.63, 3.8) is 0 Å². The molecule has 0 bridgehead atoms. The monoisotopic (exact) mass is 472 g/mol. The van der Waals surface area contributed by atoms with E-state index in [-0.39, 0.29) is 17.0 Å². The lowest BCUT2D eigenvalue weighted by molar-refractivity contribution is -0.139. The van der Waals surface area contributed by atoms with Gasteiger partial charge in [0.2, 0.25) is 16.7 Å². The molecule has 2 aliphatic heterocycles. The first-order valence-electron chi connectivity index (χ1n) is 8.85. The second kappa shape index (κ2) is 7.31. The van der Waals surface area contributed by atoms with E-state index in [0.717, 1.165) is 21.8 Å². The first kappa shape index (κ1) is 19.7. The summed E-state index contributed by atoms with van der Waals surface area (Å²) in [4.78, 5) is 38.0. The SMILES string of the molecule is CC(=O)NC1=NN(C(C)=O)[C@]2(S1)C(=O)N(Cc1ccccc1)c1ccc(Br)cc12. The van der Waals surface area contributed by atoms with Gasteiger partial charge in [0.05, 0.1) is 12.2 Å². The van der Waals surface area contributed by atoms with Crippen molar-refractivity contribution in [2.45, 2.75) is 25.3 Å². The van der Waals surface area contributed by atoms with E-state index >= 15 is 0 Å². The van der Waals surface area contributed by atoms with Gasteiger partial charge in [-0.15, -0.1) is 5.10 Å². The standard InChI is InChI=1S/C20H17BrN4O3S/c1-12(26)22-19-23-25(13(2)27)20(29-19)16-10-15(21)8-9-17(16)24(18(20)28)11-14-6-4-3-5-7-14/h3-10H,11H2,1-2H3,(H,22,23,26)/t20-/m1/s1. The Morgan fingerprint density at radius 1 is 1.17 bits per heavy atom. The van der Waals surface area contributed by atoms with Crippen LogP contribution in [0.2, 0.25) is 0 Å². The molecule has 0 fully saturated rings. The predicted octanol–water partition coefficient (Wildman–Crippen LogP) is 3.15. The molecular formula is C20H17BrN4O3S. The van der Waals surface area contributed by atoms with Gasteiger partial charge in [0.1, 0.15) is 0 Å². The topological polar surface area (TPSA) is 82.1 Å². The van der Waals surface area contributed by atoms with Crippen LogP contribution in [-0.2, 0) is 25.8 Å². The third-order valence-electron chi connectivity index (χ3n) is 4.65. The van der Waals surface area contributed by atoms with E-state index in [0.29, 0.717) is 17.8 Å². The third-order valence-corrected chi connectivity index (χ3v) is 6.38. The summed E-state index contributed by atoms with van der Waals surface area (Å²) in [6.45, 7) is 3.07. The Labute approximate surface area is 180 Å².